The minimum Gasteiger partial charge on any atom is -0.337 e. The highest BCUT2D eigenvalue weighted by atomic mass is 16.2. The molecule has 2 unspecified atom stereocenters. The third kappa shape index (κ3) is 1.63. The molecule has 17 heavy (non-hydrogen) atoms. The molecule has 0 aromatic rings. The molecule has 3 aliphatic rings. The average Bonchev–Trinajstić information content (AvgIpc) is 2.97. The first kappa shape index (κ1) is 11.3. The summed E-state index contributed by atoms with van der Waals surface area (Å²) in [6, 6.07) is 0. The Morgan fingerprint density at radius 1 is 1.29 bits per heavy atom. The molecule has 0 bridgehead atoms. The number of hydrogen-bond acceptors (Lipinski definition) is 2. The van der Waals surface area contributed by atoms with Crippen molar-refractivity contribution >= 4 is 5.91 Å². The number of rotatable bonds is 1. The van der Waals surface area contributed by atoms with Crippen LogP contribution in [0.25, 0.3) is 0 Å². The number of carbonyl (C=O) groups is 1. The van der Waals surface area contributed by atoms with Crippen molar-refractivity contribution < 1.29 is 4.79 Å². The van der Waals surface area contributed by atoms with E-state index in [1.807, 2.05) is 0 Å². The Morgan fingerprint density at radius 2 is 2.00 bits per heavy atom. The van der Waals surface area contributed by atoms with Gasteiger partial charge in [0.05, 0.1) is 0 Å². The maximum absolute atomic E-state index is 12.6. The molecule has 2 fully saturated rings. The lowest BCUT2D eigenvalue weighted by Gasteiger charge is -2.37. The van der Waals surface area contributed by atoms with Crippen molar-refractivity contribution in [1.82, 2.24) is 10.2 Å². The van der Waals surface area contributed by atoms with Gasteiger partial charge in [-0.15, -0.1) is 0 Å². The van der Waals surface area contributed by atoms with Crippen LogP contribution in [0.2, 0.25) is 0 Å². The number of fused-ring (bicyclic) bond motifs is 1. The number of carbonyl (C=O) groups excluding carboxylic acids is 1. The number of nitrogens with zero attached hydrogens (tertiary/aromatic N) is 1. The third-order valence-electron chi connectivity index (χ3n) is 4.98. The standard InChI is InChI=1S/C14H22N2O/c1-14(2)12-8-15-7-11(12)9-16(14)13(17)10-5-3-4-6-10/h3-4,10-12,15H,5-9H2,1-2H3. The molecule has 0 aromatic heterocycles. The van der Waals surface area contributed by atoms with Crippen molar-refractivity contribution in [2.75, 3.05) is 19.6 Å². The van der Waals surface area contributed by atoms with Crippen LogP contribution < -0.4 is 5.32 Å². The monoisotopic (exact) mass is 234 g/mol. The van der Waals surface area contributed by atoms with Gasteiger partial charge in [0, 0.05) is 31.1 Å². The summed E-state index contributed by atoms with van der Waals surface area (Å²) in [5.74, 6) is 1.92. The van der Waals surface area contributed by atoms with Gasteiger partial charge in [-0.25, -0.2) is 0 Å². The fraction of sp³-hybridized carbons (Fsp3) is 0.786. The predicted molar refractivity (Wildman–Crippen MR) is 67.5 cm³/mol. The highest BCUT2D eigenvalue weighted by molar-refractivity contribution is 5.81. The van der Waals surface area contributed by atoms with E-state index >= 15 is 0 Å². The molecule has 2 aliphatic heterocycles. The fourth-order valence-electron chi connectivity index (χ4n) is 3.83. The van der Waals surface area contributed by atoms with Crippen LogP contribution in [0.3, 0.4) is 0 Å². The van der Waals surface area contributed by atoms with Crippen molar-refractivity contribution in [3.05, 3.63) is 12.2 Å². The molecule has 1 N–H and O–H groups in total. The minimum atomic E-state index is 0.0356. The quantitative estimate of drug-likeness (QED) is 0.696. The normalized spacial score (nSPS) is 35.5. The smallest absolute Gasteiger partial charge is 0.226 e. The van der Waals surface area contributed by atoms with Crippen LogP contribution in [-0.2, 0) is 4.79 Å². The van der Waals surface area contributed by atoms with Crippen molar-refractivity contribution in [3.8, 4) is 0 Å². The highest BCUT2D eigenvalue weighted by Gasteiger charge is 2.51. The number of likely N-dealkylation sites (tertiary alicyclic amines) is 1. The van der Waals surface area contributed by atoms with E-state index < -0.39 is 0 Å². The van der Waals surface area contributed by atoms with Crippen LogP contribution in [-0.4, -0.2) is 36.0 Å². The van der Waals surface area contributed by atoms with Gasteiger partial charge < -0.3 is 10.2 Å². The molecule has 0 spiro atoms. The molecule has 1 amide bonds. The summed E-state index contributed by atoms with van der Waals surface area (Å²) < 4.78 is 0. The molecule has 2 heterocycles. The summed E-state index contributed by atoms with van der Waals surface area (Å²) in [6.45, 7) is 7.60. The molecule has 0 radical (unpaired) electrons. The second-order valence-corrected chi connectivity index (χ2v) is 6.27. The Bertz CT molecular complexity index is 353. The lowest BCUT2D eigenvalue weighted by molar-refractivity contribution is -0.139. The zero-order valence-electron chi connectivity index (χ0n) is 10.8. The van der Waals surface area contributed by atoms with Crippen molar-refractivity contribution in [1.29, 1.82) is 0 Å². The van der Waals surface area contributed by atoms with Crippen molar-refractivity contribution in [2.24, 2.45) is 17.8 Å². The van der Waals surface area contributed by atoms with E-state index in [0.29, 0.717) is 17.7 Å². The molecule has 1 aliphatic carbocycles. The zero-order chi connectivity index (χ0) is 12.0. The molecular weight excluding hydrogens is 212 g/mol. The van der Waals surface area contributed by atoms with Gasteiger partial charge in [-0.05, 0) is 38.5 Å². The van der Waals surface area contributed by atoms with Gasteiger partial charge >= 0.3 is 0 Å². The minimum absolute atomic E-state index is 0.0356. The topological polar surface area (TPSA) is 32.3 Å². The number of allylic oxidation sites excluding steroid dienone is 2. The third-order valence-corrected chi connectivity index (χ3v) is 4.98. The van der Waals surface area contributed by atoms with Crippen LogP contribution in [0.15, 0.2) is 12.2 Å². The molecule has 3 heteroatoms. The van der Waals surface area contributed by atoms with Crippen molar-refractivity contribution in [2.45, 2.75) is 32.2 Å². The lowest BCUT2D eigenvalue weighted by atomic mass is 9.84. The van der Waals surface area contributed by atoms with Gasteiger partial charge in [0.1, 0.15) is 0 Å². The van der Waals surface area contributed by atoms with Crippen LogP contribution in [0.1, 0.15) is 26.7 Å². The fourth-order valence-corrected chi connectivity index (χ4v) is 3.83. The van der Waals surface area contributed by atoms with Crippen LogP contribution in [0, 0.1) is 17.8 Å². The second kappa shape index (κ2) is 3.84. The predicted octanol–water partition coefficient (Wildman–Crippen LogP) is 1.41. The Balaban J connectivity index is 1.77. The Hall–Kier alpha value is -0.830. The van der Waals surface area contributed by atoms with E-state index in [2.05, 4.69) is 36.2 Å². The number of amides is 1. The van der Waals surface area contributed by atoms with E-state index in [9.17, 15) is 4.79 Å². The van der Waals surface area contributed by atoms with Gasteiger partial charge in [0.2, 0.25) is 5.91 Å². The van der Waals surface area contributed by atoms with Gasteiger partial charge in [0.15, 0.2) is 0 Å². The van der Waals surface area contributed by atoms with Crippen LogP contribution >= 0.6 is 0 Å². The van der Waals surface area contributed by atoms with E-state index in [1.165, 1.54) is 0 Å². The SMILES string of the molecule is CC1(C)C2CNCC2CN1C(=O)C1CC=CC1. The van der Waals surface area contributed by atoms with Gasteiger partial charge in [-0.3, -0.25) is 4.79 Å². The summed E-state index contributed by atoms with van der Waals surface area (Å²) in [5, 5.41) is 3.46. The summed E-state index contributed by atoms with van der Waals surface area (Å²) in [6.07, 6.45) is 6.18. The van der Waals surface area contributed by atoms with E-state index in [0.717, 1.165) is 32.5 Å². The molecule has 3 nitrogen and oxygen atoms in total. The van der Waals surface area contributed by atoms with E-state index in [1.54, 1.807) is 0 Å². The summed E-state index contributed by atoms with van der Waals surface area (Å²) in [5.41, 5.74) is 0.0356. The number of hydrogen-bond donors (Lipinski definition) is 1. The van der Waals surface area contributed by atoms with Crippen LogP contribution in [0.4, 0.5) is 0 Å². The average molecular weight is 234 g/mol. The Labute approximate surface area is 103 Å². The van der Waals surface area contributed by atoms with Crippen LogP contribution in [0.5, 0.6) is 0 Å². The Kier molecular flexibility index (Phi) is 2.54. The van der Waals surface area contributed by atoms with Gasteiger partial charge in [-0.2, -0.15) is 0 Å². The molecule has 2 atom stereocenters. The first-order valence-electron chi connectivity index (χ1n) is 6.78. The zero-order valence-corrected chi connectivity index (χ0v) is 10.8. The van der Waals surface area contributed by atoms with E-state index in [-0.39, 0.29) is 11.5 Å². The summed E-state index contributed by atoms with van der Waals surface area (Å²) in [7, 11) is 0. The largest absolute Gasteiger partial charge is 0.337 e. The van der Waals surface area contributed by atoms with E-state index in [4.69, 9.17) is 0 Å². The summed E-state index contributed by atoms with van der Waals surface area (Å²) in [4.78, 5) is 14.7. The second-order valence-electron chi connectivity index (χ2n) is 6.27. The highest BCUT2D eigenvalue weighted by Crippen LogP contribution is 2.42. The Morgan fingerprint density at radius 3 is 2.65 bits per heavy atom. The first-order valence-corrected chi connectivity index (χ1v) is 6.78. The van der Waals surface area contributed by atoms with Gasteiger partial charge in [-0.1, -0.05) is 12.2 Å². The maximum atomic E-state index is 12.6. The molecule has 0 aromatic carbocycles. The molecule has 3 rings (SSSR count). The summed E-state index contributed by atoms with van der Waals surface area (Å²) >= 11 is 0. The molecule has 0 saturated carbocycles. The van der Waals surface area contributed by atoms with Crippen molar-refractivity contribution in [3.63, 3.8) is 0 Å². The lowest BCUT2D eigenvalue weighted by Crippen LogP contribution is -2.49. The molecular formula is C14H22N2O. The van der Waals surface area contributed by atoms with Gasteiger partial charge in [0.25, 0.3) is 0 Å². The maximum Gasteiger partial charge on any atom is 0.226 e. The first-order chi connectivity index (χ1) is 8.10. The number of nitrogens with one attached hydrogen (secondary N) is 1. The molecule has 2 saturated heterocycles. The molecule has 94 valence electrons.